The molecule has 8 heteroatoms. The Hall–Kier alpha value is -4.01. The topological polar surface area (TPSA) is 88.2 Å². The lowest BCUT2D eigenvalue weighted by Gasteiger charge is -2.36. The summed E-state index contributed by atoms with van der Waals surface area (Å²) in [5.41, 5.74) is 2.15. The fraction of sp³-hybridized carbons (Fsp3) is 0.344. The summed E-state index contributed by atoms with van der Waals surface area (Å²) in [6, 6.07) is 24.6. The number of nitrogens with one attached hydrogen (secondary N) is 1. The summed E-state index contributed by atoms with van der Waals surface area (Å²) in [4.78, 5) is 46.2. The molecule has 40 heavy (non-hydrogen) atoms. The van der Waals surface area contributed by atoms with Gasteiger partial charge in [-0.25, -0.2) is 0 Å². The zero-order valence-corrected chi connectivity index (χ0v) is 22.9. The van der Waals surface area contributed by atoms with Gasteiger partial charge in [0.15, 0.2) is 5.78 Å². The molecule has 2 heterocycles. The number of carbonyl (C=O) groups excluding carboxylic acids is 3. The van der Waals surface area contributed by atoms with Gasteiger partial charge in [0, 0.05) is 44.8 Å². The summed E-state index contributed by atoms with van der Waals surface area (Å²) >= 11 is 0. The smallest absolute Gasteiger partial charge is 0.249 e. The molecule has 2 amide bonds. The van der Waals surface area contributed by atoms with Gasteiger partial charge in [-0.1, -0.05) is 72.8 Å². The molecule has 0 aromatic heterocycles. The molecule has 4 unspecified atom stereocenters. The summed E-state index contributed by atoms with van der Waals surface area (Å²) in [6.45, 7) is 2.22. The Morgan fingerprint density at radius 3 is 2.05 bits per heavy atom. The minimum absolute atomic E-state index is 0.110. The SMILES string of the molecule is COCC(=O)N1C(C(=O)N2CCNCC2)C(c2ccccc2)C(C(=O)c2ccccc2)C1c1ccc(OC)cc1. The van der Waals surface area contributed by atoms with Gasteiger partial charge in [0.2, 0.25) is 11.8 Å². The van der Waals surface area contributed by atoms with E-state index >= 15 is 0 Å². The van der Waals surface area contributed by atoms with Gasteiger partial charge in [-0.15, -0.1) is 0 Å². The maximum Gasteiger partial charge on any atom is 0.249 e. The number of rotatable bonds is 8. The molecule has 2 fully saturated rings. The zero-order chi connectivity index (χ0) is 28.1. The standard InChI is InChI=1S/C32H35N3O5/c1-39-21-26(36)35-29(23-13-15-25(40-2)16-14-23)28(31(37)24-11-7-4-8-12-24)27(22-9-5-3-6-10-22)30(35)32(38)34-19-17-33-18-20-34/h3-16,27-30,33H,17-21H2,1-2H3. The molecule has 0 aliphatic carbocycles. The molecule has 3 aromatic rings. The number of hydrogen-bond donors (Lipinski definition) is 1. The highest BCUT2D eigenvalue weighted by atomic mass is 16.5. The molecule has 208 valence electrons. The lowest BCUT2D eigenvalue weighted by molar-refractivity contribution is -0.148. The molecule has 0 saturated carbocycles. The zero-order valence-electron chi connectivity index (χ0n) is 22.9. The van der Waals surface area contributed by atoms with Crippen LogP contribution in [0.1, 0.15) is 33.4 Å². The number of benzene rings is 3. The number of ether oxygens (including phenoxy) is 2. The van der Waals surface area contributed by atoms with Gasteiger partial charge < -0.3 is 24.6 Å². The normalized spacial score (nSPS) is 22.6. The van der Waals surface area contributed by atoms with Crippen molar-refractivity contribution in [3.63, 3.8) is 0 Å². The van der Waals surface area contributed by atoms with E-state index in [1.165, 1.54) is 7.11 Å². The van der Waals surface area contributed by atoms with Crippen LogP contribution in [0.15, 0.2) is 84.9 Å². The van der Waals surface area contributed by atoms with Gasteiger partial charge in [-0.05, 0) is 23.3 Å². The fourth-order valence-electron chi connectivity index (χ4n) is 6.10. The third kappa shape index (κ3) is 5.37. The summed E-state index contributed by atoms with van der Waals surface area (Å²) in [5.74, 6) is -1.21. The second kappa shape index (κ2) is 12.4. The fourth-order valence-corrected chi connectivity index (χ4v) is 6.10. The molecule has 5 rings (SSSR count). The molecule has 2 saturated heterocycles. The number of Topliss-reactive ketones (excluding diaryl/α,β-unsaturated/α-hetero) is 1. The van der Waals surface area contributed by atoms with Crippen LogP contribution in [0.25, 0.3) is 0 Å². The van der Waals surface area contributed by atoms with E-state index in [1.807, 2.05) is 77.7 Å². The molecular weight excluding hydrogens is 506 g/mol. The Morgan fingerprint density at radius 2 is 1.45 bits per heavy atom. The average Bonchev–Trinajstić information content (AvgIpc) is 3.38. The van der Waals surface area contributed by atoms with Crippen molar-refractivity contribution in [2.45, 2.75) is 18.0 Å². The highest BCUT2D eigenvalue weighted by molar-refractivity contribution is 6.02. The van der Waals surface area contributed by atoms with Gasteiger partial charge >= 0.3 is 0 Å². The van der Waals surface area contributed by atoms with Crippen molar-refractivity contribution < 1.29 is 23.9 Å². The van der Waals surface area contributed by atoms with Crippen molar-refractivity contribution in [3.8, 4) is 5.75 Å². The van der Waals surface area contributed by atoms with Crippen LogP contribution in [0.3, 0.4) is 0 Å². The predicted molar refractivity (Wildman–Crippen MR) is 151 cm³/mol. The van der Waals surface area contributed by atoms with Crippen LogP contribution >= 0.6 is 0 Å². The maximum absolute atomic E-state index is 14.5. The Bertz CT molecular complexity index is 1310. The quantitative estimate of drug-likeness (QED) is 0.441. The first-order valence-corrected chi connectivity index (χ1v) is 13.6. The number of nitrogens with zero attached hydrogens (tertiary/aromatic N) is 2. The molecule has 2 aliphatic heterocycles. The Morgan fingerprint density at radius 1 is 0.825 bits per heavy atom. The van der Waals surface area contributed by atoms with Gasteiger partial charge in [0.05, 0.1) is 19.1 Å². The number of carbonyl (C=O) groups is 3. The van der Waals surface area contributed by atoms with E-state index in [4.69, 9.17) is 9.47 Å². The number of ketones is 1. The Balaban J connectivity index is 1.73. The van der Waals surface area contributed by atoms with E-state index in [0.29, 0.717) is 37.5 Å². The van der Waals surface area contributed by atoms with Gasteiger partial charge in [-0.3, -0.25) is 14.4 Å². The van der Waals surface area contributed by atoms with Crippen LogP contribution in [-0.2, 0) is 14.3 Å². The summed E-state index contributed by atoms with van der Waals surface area (Å²) in [6.07, 6.45) is 0. The molecule has 8 nitrogen and oxygen atoms in total. The third-order valence-corrected chi connectivity index (χ3v) is 7.91. The highest BCUT2D eigenvalue weighted by Gasteiger charge is 2.58. The molecule has 3 aromatic carbocycles. The number of methoxy groups -OCH3 is 2. The minimum atomic E-state index is -0.882. The van der Waals surface area contributed by atoms with Crippen molar-refractivity contribution in [2.24, 2.45) is 5.92 Å². The summed E-state index contributed by atoms with van der Waals surface area (Å²) in [7, 11) is 3.05. The second-order valence-electron chi connectivity index (χ2n) is 10.2. The molecule has 0 bridgehead atoms. The van der Waals surface area contributed by atoms with Crippen LogP contribution in [0.5, 0.6) is 5.75 Å². The average molecular weight is 542 g/mol. The number of amides is 2. The van der Waals surface area contributed by atoms with Crippen molar-refractivity contribution in [2.75, 3.05) is 47.0 Å². The molecule has 2 aliphatic rings. The van der Waals surface area contributed by atoms with E-state index in [2.05, 4.69) is 5.32 Å². The molecule has 4 atom stereocenters. The molecule has 1 N–H and O–H groups in total. The predicted octanol–water partition coefficient (Wildman–Crippen LogP) is 3.31. The first kappa shape index (κ1) is 27.6. The van der Waals surface area contributed by atoms with E-state index in [1.54, 1.807) is 24.1 Å². The number of piperazine rings is 1. The monoisotopic (exact) mass is 541 g/mol. The van der Waals surface area contributed by atoms with Crippen LogP contribution in [0.4, 0.5) is 0 Å². The van der Waals surface area contributed by atoms with Crippen molar-refractivity contribution >= 4 is 17.6 Å². The lowest BCUT2D eigenvalue weighted by atomic mass is 9.76. The highest BCUT2D eigenvalue weighted by Crippen LogP contribution is 2.51. The first-order chi connectivity index (χ1) is 19.5. The van der Waals surface area contributed by atoms with E-state index in [-0.39, 0.29) is 24.2 Å². The van der Waals surface area contributed by atoms with E-state index in [0.717, 1.165) is 11.1 Å². The largest absolute Gasteiger partial charge is 0.497 e. The number of hydrogen-bond acceptors (Lipinski definition) is 6. The second-order valence-corrected chi connectivity index (χ2v) is 10.2. The first-order valence-electron chi connectivity index (χ1n) is 13.6. The van der Waals surface area contributed by atoms with Crippen LogP contribution < -0.4 is 10.1 Å². The molecular formula is C32H35N3O5. The molecule has 0 radical (unpaired) electrons. The summed E-state index contributed by atoms with van der Waals surface area (Å²) < 4.78 is 10.7. The van der Waals surface area contributed by atoms with Crippen LogP contribution in [-0.4, -0.2) is 80.4 Å². The summed E-state index contributed by atoms with van der Waals surface area (Å²) in [5, 5.41) is 3.29. The lowest BCUT2D eigenvalue weighted by Crippen LogP contribution is -2.55. The maximum atomic E-state index is 14.5. The van der Waals surface area contributed by atoms with Gasteiger partial charge in [0.1, 0.15) is 18.4 Å². The van der Waals surface area contributed by atoms with Crippen molar-refractivity contribution in [3.05, 3.63) is 102 Å². The van der Waals surface area contributed by atoms with Crippen LogP contribution in [0, 0.1) is 5.92 Å². The molecule has 0 spiro atoms. The van der Waals surface area contributed by atoms with E-state index in [9.17, 15) is 14.4 Å². The van der Waals surface area contributed by atoms with Crippen molar-refractivity contribution in [1.29, 1.82) is 0 Å². The van der Waals surface area contributed by atoms with E-state index < -0.39 is 23.9 Å². The Labute approximate surface area is 234 Å². The minimum Gasteiger partial charge on any atom is -0.497 e. The van der Waals surface area contributed by atoms with Crippen molar-refractivity contribution in [1.82, 2.24) is 15.1 Å². The number of likely N-dealkylation sites (tertiary alicyclic amines) is 1. The van der Waals surface area contributed by atoms with Crippen LogP contribution in [0.2, 0.25) is 0 Å². The third-order valence-electron chi connectivity index (χ3n) is 7.91. The van der Waals surface area contributed by atoms with Gasteiger partial charge in [-0.2, -0.15) is 0 Å². The van der Waals surface area contributed by atoms with Gasteiger partial charge in [0.25, 0.3) is 0 Å². The Kier molecular flexibility index (Phi) is 8.57.